The second kappa shape index (κ2) is 7.48. The van der Waals surface area contributed by atoms with Gasteiger partial charge in [0.05, 0.1) is 4.47 Å². The van der Waals surface area contributed by atoms with Crippen molar-refractivity contribution >= 4 is 34.2 Å². The lowest BCUT2D eigenvalue weighted by molar-refractivity contribution is 0.0601. The summed E-state index contributed by atoms with van der Waals surface area (Å²) in [5, 5.41) is 10.7. The van der Waals surface area contributed by atoms with Crippen LogP contribution in [0.15, 0.2) is 34.8 Å². The molecule has 134 valence electrons. The Bertz CT molecular complexity index is 733. The molecule has 0 saturated carbocycles. The number of hydrogen-bond acceptors (Lipinski definition) is 3. The molecule has 7 heteroatoms. The van der Waals surface area contributed by atoms with E-state index in [1.807, 2.05) is 35.2 Å². The van der Waals surface area contributed by atoms with Crippen molar-refractivity contribution in [3.63, 3.8) is 0 Å². The zero-order valence-electron chi connectivity index (χ0n) is 13.9. The molecule has 1 aromatic heterocycles. The number of nitrogens with one attached hydrogen (secondary N) is 2. The van der Waals surface area contributed by atoms with Crippen LogP contribution in [0.4, 0.5) is 0 Å². The Balaban J connectivity index is 0.00000182. The van der Waals surface area contributed by atoms with E-state index in [4.69, 9.17) is 0 Å². The molecule has 5 nitrogen and oxygen atoms in total. The number of aromatic nitrogens is 2. The molecule has 2 fully saturated rings. The van der Waals surface area contributed by atoms with Crippen molar-refractivity contribution in [3.05, 3.63) is 40.5 Å². The SMILES string of the molecule is Cl.O=C(c1[nH]nc(-c2ccccc2)c1Br)N1CCC2(CCNC2)CC1. The number of likely N-dealkylation sites (tertiary alicyclic amines) is 1. The van der Waals surface area contributed by atoms with Gasteiger partial charge in [-0.25, -0.2) is 0 Å². The fourth-order valence-corrected chi connectivity index (χ4v) is 4.40. The monoisotopic (exact) mass is 424 g/mol. The van der Waals surface area contributed by atoms with Crippen LogP contribution in [-0.2, 0) is 0 Å². The summed E-state index contributed by atoms with van der Waals surface area (Å²) < 4.78 is 0.751. The van der Waals surface area contributed by atoms with Crippen molar-refractivity contribution in [1.82, 2.24) is 20.4 Å². The molecule has 2 aliphatic heterocycles. The van der Waals surface area contributed by atoms with E-state index in [1.165, 1.54) is 6.42 Å². The molecule has 1 amide bonds. The molecule has 2 saturated heterocycles. The molecule has 4 rings (SSSR count). The number of hydrogen-bond donors (Lipinski definition) is 2. The Morgan fingerprint density at radius 3 is 2.52 bits per heavy atom. The molecule has 0 bridgehead atoms. The van der Waals surface area contributed by atoms with E-state index in [1.54, 1.807) is 0 Å². The first-order chi connectivity index (χ1) is 11.7. The number of piperidine rings is 1. The molecule has 0 unspecified atom stereocenters. The number of nitrogens with zero attached hydrogens (tertiary/aromatic N) is 2. The lowest BCUT2D eigenvalue weighted by Crippen LogP contribution is -2.44. The molecule has 0 atom stereocenters. The van der Waals surface area contributed by atoms with Gasteiger partial charge in [-0.15, -0.1) is 12.4 Å². The first-order valence-corrected chi connectivity index (χ1v) is 9.27. The first kappa shape index (κ1) is 18.4. The average molecular weight is 426 g/mol. The molecule has 2 aliphatic rings. The van der Waals surface area contributed by atoms with Crippen LogP contribution in [0.25, 0.3) is 11.3 Å². The predicted molar refractivity (Wildman–Crippen MR) is 104 cm³/mol. The Morgan fingerprint density at radius 2 is 1.88 bits per heavy atom. The van der Waals surface area contributed by atoms with Gasteiger partial charge in [0.15, 0.2) is 0 Å². The summed E-state index contributed by atoms with van der Waals surface area (Å²) in [5.41, 5.74) is 2.74. The lowest BCUT2D eigenvalue weighted by atomic mass is 9.78. The van der Waals surface area contributed by atoms with Crippen molar-refractivity contribution in [2.24, 2.45) is 5.41 Å². The van der Waals surface area contributed by atoms with E-state index in [9.17, 15) is 4.79 Å². The number of aromatic amines is 1. The number of benzene rings is 1. The number of rotatable bonds is 2. The number of halogens is 2. The van der Waals surface area contributed by atoms with Crippen molar-refractivity contribution < 1.29 is 4.79 Å². The number of carbonyl (C=O) groups excluding carboxylic acids is 1. The highest BCUT2D eigenvalue weighted by atomic mass is 79.9. The second-order valence-electron chi connectivity index (χ2n) is 6.85. The average Bonchev–Trinajstić information content (AvgIpc) is 3.23. The Labute approximate surface area is 162 Å². The topological polar surface area (TPSA) is 61.0 Å². The minimum atomic E-state index is 0. The summed E-state index contributed by atoms with van der Waals surface area (Å²) in [6.45, 7) is 3.86. The van der Waals surface area contributed by atoms with Gasteiger partial charge in [0, 0.05) is 25.2 Å². The van der Waals surface area contributed by atoms with Gasteiger partial charge in [0.1, 0.15) is 11.4 Å². The Morgan fingerprint density at radius 1 is 1.16 bits per heavy atom. The van der Waals surface area contributed by atoms with E-state index in [2.05, 4.69) is 31.4 Å². The Hall–Kier alpha value is -1.37. The first-order valence-electron chi connectivity index (χ1n) is 8.48. The number of amides is 1. The molecule has 0 radical (unpaired) electrons. The van der Waals surface area contributed by atoms with Crippen molar-refractivity contribution in [2.75, 3.05) is 26.2 Å². The van der Waals surface area contributed by atoms with Gasteiger partial charge in [-0.1, -0.05) is 30.3 Å². The predicted octanol–water partition coefficient (Wildman–Crippen LogP) is 3.48. The van der Waals surface area contributed by atoms with Crippen LogP contribution in [-0.4, -0.2) is 47.2 Å². The third-order valence-corrected chi connectivity index (χ3v) is 6.18. The lowest BCUT2D eigenvalue weighted by Gasteiger charge is -2.38. The van der Waals surface area contributed by atoms with Gasteiger partial charge in [-0.2, -0.15) is 5.10 Å². The summed E-state index contributed by atoms with van der Waals surface area (Å²) in [6, 6.07) is 9.90. The van der Waals surface area contributed by atoms with Gasteiger partial charge >= 0.3 is 0 Å². The van der Waals surface area contributed by atoms with E-state index in [-0.39, 0.29) is 18.3 Å². The maximum atomic E-state index is 12.9. The quantitative estimate of drug-likeness (QED) is 0.774. The van der Waals surface area contributed by atoms with E-state index in [0.29, 0.717) is 11.1 Å². The minimum Gasteiger partial charge on any atom is -0.337 e. The molecule has 25 heavy (non-hydrogen) atoms. The highest BCUT2D eigenvalue weighted by Crippen LogP contribution is 2.38. The summed E-state index contributed by atoms with van der Waals surface area (Å²) in [6.07, 6.45) is 3.41. The van der Waals surface area contributed by atoms with E-state index in [0.717, 1.165) is 54.8 Å². The highest BCUT2D eigenvalue weighted by Gasteiger charge is 2.38. The number of carbonyl (C=O) groups is 1. The zero-order valence-corrected chi connectivity index (χ0v) is 16.3. The minimum absolute atomic E-state index is 0. The summed E-state index contributed by atoms with van der Waals surface area (Å²) >= 11 is 3.56. The fraction of sp³-hybridized carbons (Fsp3) is 0.444. The summed E-state index contributed by atoms with van der Waals surface area (Å²) in [7, 11) is 0. The van der Waals surface area contributed by atoms with Crippen LogP contribution in [0.5, 0.6) is 0 Å². The largest absolute Gasteiger partial charge is 0.337 e. The van der Waals surface area contributed by atoms with Crippen LogP contribution >= 0.6 is 28.3 Å². The molecule has 2 aromatic rings. The number of H-pyrrole nitrogens is 1. The molecule has 0 aliphatic carbocycles. The Kier molecular flexibility index (Phi) is 5.51. The summed E-state index contributed by atoms with van der Waals surface area (Å²) in [4.78, 5) is 14.8. The van der Waals surface area contributed by atoms with Crippen LogP contribution in [0.2, 0.25) is 0 Å². The van der Waals surface area contributed by atoms with Crippen LogP contribution in [0.3, 0.4) is 0 Å². The maximum absolute atomic E-state index is 12.9. The van der Waals surface area contributed by atoms with E-state index >= 15 is 0 Å². The molecular formula is C18H22BrClN4O. The second-order valence-corrected chi connectivity index (χ2v) is 7.64. The molecule has 1 aromatic carbocycles. The van der Waals surface area contributed by atoms with Gasteiger partial charge in [-0.05, 0) is 47.2 Å². The summed E-state index contributed by atoms with van der Waals surface area (Å²) in [5.74, 6) is 0.0392. The molecule has 2 N–H and O–H groups in total. The van der Waals surface area contributed by atoms with Crippen LogP contribution in [0.1, 0.15) is 29.8 Å². The van der Waals surface area contributed by atoms with Gasteiger partial charge in [-0.3, -0.25) is 9.89 Å². The fourth-order valence-electron chi connectivity index (χ4n) is 3.82. The van der Waals surface area contributed by atoms with Gasteiger partial charge < -0.3 is 10.2 Å². The van der Waals surface area contributed by atoms with Crippen molar-refractivity contribution in [1.29, 1.82) is 0 Å². The normalized spacial score (nSPS) is 19.0. The van der Waals surface area contributed by atoms with Gasteiger partial charge in [0.25, 0.3) is 5.91 Å². The highest BCUT2D eigenvalue weighted by molar-refractivity contribution is 9.10. The zero-order chi connectivity index (χ0) is 16.6. The van der Waals surface area contributed by atoms with E-state index < -0.39 is 0 Å². The standard InChI is InChI=1S/C18H21BrN4O.ClH/c19-14-15(13-4-2-1-3-5-13)21-22-16(14)17(24)23-10-7-18(8-11-23)6-9-20-12-18;/h1-5,20H,6-12H2,(H,21,22);1H. The molecule has 3 heterocycles. The van der Waals surface area contributed by atoms with Crippen molar-refractivity contribution in [2.45, 2.75) is 19.3 Å². The third-order valence-electron chi connectivity index (χ3n) is 5.41. The van der Waals surface area contributed by atoms with Crippen molar-refractivity contribution in [3.8, 4) is 11.3 Å². The maximum Gasteiger partial charge on any atom is 0.273 e. The molecular weight excluding hydrogens is 404 g/mol. The molecule has 1 spiro atoms. The third kappa shape index (κ3) is 3.48. The smallest absolute Gasteiger partial charge is 0.273 e. The van der Waals surface area contributed by atoms with Crippen LogP contribution in [0, 0.1) is 5.41 Å². The van der Waals surface area contributed by atoms with Gasteiger partial charge in [0.2, 0.25) is 0 Å². The van der Waals surface area contributed by atoms with Crippen LogP contribution < -0.4 is 5.32 Å².